The normalized spacial score (nSPS) is 10.2. The van der Waals surface area contributed by atoms with E-state index in [0.29, 0.717) is 17.6 Å². The van der Waals surface area contributed by atoms with Crippen LogP contribution in [0.5, 0.6) is 5.75 Å². The molecule has 19 heavy (non-hydrogen) atoms. The topological polar surface area (TPSA) is 35.5 Å². The Bertz CT molecular complexity index is 581. The lowest BCUT2D eigenvalue weighted by atomic mass is 9.99. The van der Waals surface area contributed by atoms with Crippen molar-refractivity contribution in [2.75, 3.05) is 13.9 Å². The zero-order chi connectivity index (χ0) is 13.7. The molecule has 98 valence electrons. The molecule has 0 saturated heterocycles. The number of aldehydes is 1. The Balaban J connectivity index is 2.55. The highest BCUT2D eigenvalue weighted by Gasteiger charge is 2.14. The molecule has 4 heteroatoms. The Morgan fingerprint density at radius 3 is 2.68 bits per heavy atom. The first kappa shape index (κ1) is 13.2. The van der Waals surface area contributed by atoms with E-state index in [-0.39, 0.29) is 17.9 Å². The number of ether oxygens (including phenoxy) is 2. The van der Waals surface area contributed by atoms with Crippen molar-refractivity contribution in [1.29, 1.82) is 0 Å². The summed E-state index contributed by atoms with van der Waals surface area (Å²) in [5.74, 6) is 0.00983. The summed E-state index contributed by atoms with van der Waals surface area (Å²) in [5, 5.41) is 0. The highest BCUT2D eigenvalue weighted by Crippen LogP contribution is 2.33. The number of benzene rings is 2. The molecule has 0 aliphatic heterocycles. The molecule has 0 unspecified atom stereocenters. The Labute approximate surface area is 110 Å². The van der Waals surface area contributed by atoms with Gasteiger partial charge in [-0.2, -0.15) is 0 Å². The van der Waals surface area contributed by atoms with E-state index in [1.807, 2.05) is 0 Å². The molecule has 0 aliphatic carbocycles. The minimum Gasteiger partial charge on any atom is -0.467 e. The van der Waals surface area contributed by atoms with Gasteiger partial charge in [0, 0.05) is 23.8 Å². The van der Waals surface area contributed by atoms with Crippen LogP contribution in [-0.4, -0.2) is 20.2 Å². The predicted octanol–water partition coefficient (Wildman–Crippen LogP) is 3.29. The fraction of sp³-hybridized carbons (Fsp3) is 0.133. The number of methoxy groups -OCH3 is 1. The number of hydrogen-bond donors (Lipinski definition) is 0. The molecule has 0 atom stereocenters. The maximum atomic E-state index is 14.0. The average Bonchev–Trinajstić information content (AvgIpc) is 2.45. The molecular weight excluding hydrogens is 247 g/mol. The van der Waals surface area contributed by atoms with E-state index in [0.717, 1.165) is 0 Å². The molecular formula is C15H13FO3. The van der Waals surface area contributed by atoms with Gasteiger partial charge < -0.3 is 9.47 Å². The first-order valence-electron chi connectivity index (χ1n) is 5.72. The molecule has 0 bridgehead atoms. The van der Waals surface area contributed by atoms with Crippen LogP contribution in [0.15, 0.2) is 42.5 Å². The van der Waals surface area contributed by atoms with Gasteiger partial charge in [0.2, 0.25) is 0 Å². The predicted molar refractivity (Wildman–Crippen MR) is 69.7 cm³/mol. The second kappa shape index (κ2) is 6.11. The largest absolute Gasteiger partial charge is 0.467 e. The molecule has 0 fully saturated rings. The van der Waals surface area contributed by atoms with Crippen molar-refractivity contribution in [3.63, 3.8) is 0 Å². The third kappa shape index (κ3) is 2.80. The van der Waals surface area contributed by atoms with Crippen LogP contribution in [0.4, 0.5) is 4.39 Å². The van der Waals surface area contributed by atoms with Crippen LogP contribution in [0.3, 0.4) is 0 Å². The quantitative estimate of drug-likeness (QED) is 0.611. The number of para-hydroxylation sites is 1. The van der Waals surface area contributed by atoms with E-state index in [4.69, 9.17) is 9.47 Å². The zero-order valence-corrected chi connectivity index (χ0v) is 10.4. The summed E-state index contributed by atoms with van der Waals surface area (Å²) in [5.41, 5.74) is 1.05. The van der Waals surface area contributed by atoms with E-state index >= 15 is 0 Å². The van der Waals surface area contributed by atoms with Crippen molar-refractivity contribution in [3.05, 3.63) is 53.8 Å². The fourth-order valence-electron chi connectivity index (χ4n) is 1.84. The fourth-order valence-corrected chi connectivity index (χ4v) is 1.84. The van der Waals surface area contributed by atoms with Gasteiger partial charge in [0.1, 0.15) is 11.6 Å². The standard InChI is InChI=1S/C15H13FO3/c1-18-10-19-14-8-3-2-6-12(14)15-11(9-17)5-4-7-13(15)16/h2-9H,10H2,1H3. The van der Waals surface area contributed by atoms with Gasteiger partial charge in [0.15, 0.2) is 13.1 Å². The smallest absolute Gasteiger partial charge is 0.188 e. The highest BCUT2D eigenvalue weighted by molar-refractivity contribution is 5.89. The minimum absolute atomic E-state index is 0.0574. The van der Waals surface area contributed by atoms with Crippen molar-refractivity contribution in [3.8, 4) is 16.9 Å². The number of hydrogen-bond acceptors (Lipinski definition) is 3. The van der Waals surface area contributed by atoms with Gasteiger partial charge in [-0.25, -0.2) is 4.39 Å². The molecule has 0 amide bonds. The van der Waals surface area contributed by atoms with Crippen LogP contribution in [0.1, 0.15) is 10.4 Å². The van der Waals surface area contributed by atoms with Crippen molar-refractivity contribution >= 4 is 6.29 Å². The third-order valence-electron chi connectivity index (χ3n) is 2.66. The van der Waals surface area contributed by atoms with E-state index in [9.17, 15) is 9.18 Å². The molecule has 2 aromatic rings. The van der Waals surface area contributed by atoms with Gasteiger partial charge >= 0.3 is 0 Å². The van der Waals surface area contributed by atoms with Gasteiger partial charge in [-0.1, -0.05) is 30.3 Å². The number of carbonyl (C=O) groups is 1. The summed E-state index contributed by atoms with van der Waals surface area (Å²) in [7, 11) is 1.50. The third-order valence-corrected chi connectivity index (χ3v) is 2.66. The van der Waals surface area contributed by atoms with E-state index in [1.165, 1.54) is 19.2 Å². The lowest BCUT2D eigenvalue weighted by Gasteiger charge is -2.12. The van der Waals surface area contributed by atoms with Crippen LogP contribution in [0.2, 0.25) is 0 Å². The van der Waals surface area contributed by atoms with Gasteiger partial charge in [0.25, 0.3) is 0 Å². The molecule has 0 radical (unpaired) electrons. The molecule has 2 rings (SSSR count). The van der Waals surface area contributed by atoms with Gasteiger partial charge in [-0.3, -0.25) is 4.79 Å². The Morgan fingerprint density at radius 1 is 1.16 bits per heavy atom. The molecule has 0 heterocycles. The highest BCUT2D eigenvalue weighted by atomic mass is 19.1. The Kier molecular flexibility index (Phi) is 4.26. The maximum Gasteiger partial charge on any atom is 0.188 e. The molecule has 0 saturated carbocycles. The average molecular weight is 260 g/mol. The monoisotopic (exact) mass is 260 g/mol. The van der Waals surface area contributed by atoms with Gasteiger partial charge in [-0.05, 0) is 12.1 Å². The number of carbonyl (C=O) groups excluding carboxylic acids is 1. The Morgan fingerprint density at radius 2 is 1.95 bits per heavy atom. The summed E-state index contributed by atoms with van der Waals surface area (Å²) in [6.45, 7) is 0.0574. The number of halogens is 1. The molecule has 0 aliphatic rings. The van der Waals surface area contributed by atoms with Crippen molar-refractivity contribution < 1.29 is 18.7 Å². The first-order chi connectivity index (χ1) is 9.27. The Hall–Kier alpha value is -2.20. The number of rotatable bonds is 5. The molecule has 3 nitrogen and oxygen atoms in total. The molecule has 0 spiro atoms. The molecule has 0 aromatic heterocycles. The van der Waals surface area contributed by atoms with E-state index in [2.05, 4.69) is 0 Å². The summed E-state index contributed by atoms with van der Waals surface area (Å²) < 4.78 is 24.2. The van der Waals surface area contributed by atoms with Crippen molar-refractivity contribution in [1.82, 2.24) is 0 Å². The van der Waals surface area contributed by atoms with Gasteiger partial charge in [0.05, 0.1) is 0 Å². The molecule has 0 N–H and O–H groups in total. The lowest BCUT2D eigenvalue weighted by Crippen LogP contribution is -2.01. The van der Waals surface area contributed by atoms with Gasteiger partial charge in [-0.15, -0.1) is 0 Å². The summed E-state index contributed by atoms with van der Waals surface area (Å²) in [4.78, 5) is 11.0. The van der Waals surface area contributed by atoms with Crippen LogP contribution in [-0.2, 0) is 4.74 Å². The van der Waals surface area contributed by atoms with Crippen LogP contribution < -0.4 is 4.74 Å². The van der Waals surface area contributed by atoms with Crippen LogP contribution in [0, 0.1) is 5.82 Å². The first-order valence-corrected chi connectivity index (χ1v) is 5.72. The zero-order valence-electron chi connectivity index (χ0n) is 10.4. The second-order valence-corrected chi connectivity index (χ2v) is 3.87. The summed E-state index contributed by atoms with van der Waals surface area (Å²) >= 11 is 0. The van der Waals surface area contributed by atoms with Crippen molar-refractivity contribution in [2.24, 2.45) is 0 Å². The second-order valence-electron chi connectivity index (χ2n) is 3.87. The SMILES string of the molecule is COCOc1ccccc1-c1c(F)cccc1C=O. The summed E-state index contributed by atoms with van der Waals surface area (Å²) in [6, 6.07) is 11.3. The lowest BCUT2D eigenvalue weighted by molar-refractivity contribution is 0.0515. The van der Waals surface area contributed by atoms with Crippen molar-refractivity contribution in [2.45, 2.75) is 0 Å². The van der Waals surface area contributed by atoms with Crippen LogP contribution >= 0.6 is 0 Å². The summed E-state index contributed by atoms with van der Waals surface area (Å²) in [6.07, 6.45) is 0.630. The van der Waals surface area contributed by atoms with E-state index in [1.54, 1.807) is 30.3 Å². The molecule has 2 aromatic carbocycles. The maximum absolute atomic E-state index is 14.0. The van der Waals surface area contributed by atoms with E-state index < -0.39 is 5.82 Å². The van der Waals surface area contributed by atoms with Crippen LogP contribution in [0.25, 0.3) is 11.1 Å². The minimum atomic E-state index is -0.460.